The zero-order valence-electron chi connectivity index (χ0n) is 15.7. The van der Waals surface area contributed by atoms with Crippen LogP contribution in [-0.4, -0.2) is 68.8 Å². The Morgan fingerprint density at radius 2 is 1.60 bits per heavy atom. The van der Waals surface area contributed by atoms with Crippen molar-refractivity contribution in [3.63, 3.8) is 0 Å². The Labute approximate surface area is 149 Å². The summed E-state index contributed by atoms with van der Waals surface area (Å²) in [6, 6.07) is 8.06. The highest BCUT2D eigenvalue weighted by Crippen LogP contribution is 2.20. The lowest BCUT2D eigenvalue weighted by atomic mass is 10.2. The molecule has 2 aromatic heterocycles. The van der Waals surface area contributed by atoms with Crippen LogP contribution < -0.4 is 4.90 Å². The van der Waals surface area contributed by atoms with E-state index in [-0.39, 0.29) is 5.91 Å². The number of rotatable bonds is 10. The van der Waals surface area contributed by atoms with Gasteiger partial charge in [0.15, 0.2) is 0 Å². The zero-order chi connectivity index (χ0) is 18.2. The van der Waals surface area contributed by atoms with Gasteiger partial charge in [-0.2, -0.15) is 0 Å². The van der Waals surface area contributed by atoms with Crippen LogP contribution in [0.2, 0.25) is 0 Å². The molecule has 0 unspecified atom stereocenters. The highest BCUT2D eigenvalue weighted by Gasteiger charge is 2.17. The van der Waals surface area contributed by atoms with E-state index in [0.717, 1.165) is 24.4 Å². The summed E-state index contributed by atoms with van der Waals surface area (Å²) in [5, 5.41) is 0. The predicted octanol–water partition coefficient (Wildman–Crippen LogP) is 2.52. The van der Waals surface area contributed by atoms with Crippen molar-refractivity contribution in [3.8, 4) is 0 Å². The highest BCUT2D eigenvalue weighted by atomic mass is 16.5. The van der Waals surface area contributed by atoms with E-state index in [4.69, 9.17) is 9.47 Å². The van der Waals surface area contributed by atoms with Crippen molar-refractivity contribution in [2.75, 3.05) is 58.5 Å². The first-order valence-corrected chi connectivity index (χ1v) is 8.79. The lowest BCUT2D eigenvalue weighted by Crippen LogP contribution is -2.36. The Morgan fingerprint density at radius 3 is 2.16 bits per heavy atom. The van der Waals surface area contributed by atoms with Crippen LogP contribution in [-0.2, 0) is 9.47 Å². The molecule has 0 saturated heterocycles. The molecule has 0 saturated carbocycles. The molecule has 6 heteroatoms. The fraction of sp³-hybridized carbons (Fsp3) is 0.526. The maximum absolute atomic E-state index is 12.9. The molecule has 0 aliphatic heterocycles. The molecule has 2 rings (SSSR count). The predicted molar refractivity (Wildman–Crippen MR) is 101 cm³/mol. The molecule has 25 heavy (non-hydrogen) atoms. The van der Waals surface area contributed by atoms with Crippen LogP contribution in [0.1, 0.15) is 24.2 Å². The van der Waals surface area contributed by atoms with Gasteiger partial charge in [-0.3, -0.25) is 4.79 Å². The van der Waals surface area contributed by atoms with Crippen LogP contribution in [0.4, 0.5) is 5.82 Å². The number of carbonyl (C=O) groups excluding carboxylic acids is 1. The molecule has 0 aliphatic rings. The standard InChI is InChI=1S/C19H29N3O3/c1-5-20(6-2)18-10-9-17-8-7-16(15-22(17)18)19(23)21(11-13-24-3)12-14-25-4/h7-10,15H,5-6,11-14H2,1-4H3. The molecule has 2 aromatic rings. The van der Waals surface area contributed by atoms with E-state index in [0.29, 0.717) is 31.9 Å². The van der Waals surface area contributed by atoms with E-state index in [1.807, 2.05) is 18.3 Å². The van der Waals surface area contributed by atoms with E-state index in [1.165, 1.54) is 0 Å². The van der Waals surface area contributed by atoms with Gasteiger partial charge < -0.3 is 23.7 Å². The molecule has 0 fully saturated rings. The Kier molecular flexibility index (Phi) is 7.28. The van der Waals surface area contributed by atoms with Gasteiger partial charge in [0, 0.05) is 52.1 Å². The lowest BCUT2D eigenvalue weighted by Gasteiger charge is -2.23. The first-order chi connectivity index (χ1) is 12.2. The van der Waals surface area contributed by atoms with Crippen molar-refractivity contribution in [2.45, 2.75) is 13.8 Å². The largest absolute Gasteiger partial charge is 0.383 e. The molecule has 0 spiro atoms. The maximum atomic E-state index is 12.9. The van der Waals surface area contributed by atoms with Crippen LogP contribution in [0.25, 0.3) is 5.52 Å². The molecule has 0 atom stereocenters. The second-order valence-corrected chi connectivity index (χ2v) is 5.85. The number of fused-ring (bicyclic) bond motifs is 1. The topological polar surface area (TPSA) is 46.4 Å². The molecule has 1 amide bonds. The number of pyridine rings is 1. The second-order valence-electron chi connectivity index (χ2n) is 5.85. The minimum atomic E-state index is -0.00445. The summed E-state index contributed by atoms with van der Waals surface area (Å²) in [4.78, 5) is 17.0. The van der Waals surface area contributed by atoms with Gasteiger partial charge in [-0.25, -0.2) is 0 Å². The van der Waals surface area contributed by atoms with Crippen LogP contribution in [0.15, 0.2) is 30.5 Å². The second kappa shape index (κ2) is 9.44. The van der Waals surface area contributed by atoms with Crippen molar-refractivity contribution in [3.05, 3.63) is 36.0 Å². The number of amides is 1. The molecule has 0 bridgehead atoms. The Hall–Kier alpha value is -2.05. The molecular formula is C19H29N3O3. The minimum absolute atomic E-state index is 0.00445. The van der Waals surface area contributed by atoms with Crippen molar-refractivity contribution in [1.29, 1.82) is 0 Å². The fourth-order valence-corrected chi connectivity index (χ4v) is 2.92. The molecule has 0 aromatic carbocycles. The minimum Gasteiger partial charge on any atom is -0.383 e. The van der Waals surface area contributed by atoms with Gasteiger partial charge in [0.1, 0.15) is 5.82 Å². The third kappa shape index (κ3) is 4.52. The number of carbonyl (C=O) groups is 1. The third-order valence-corrected chi connectivity index (χ3v) is 4.38. The summed E-state index contributed by atoms with van der Waals surface area (Å²) in [6.45, 7) is 8.22. The van der Waals surface area contributed by atoms with Gasteiger partial charge in [0.05, 0.1) is 18.8 Å². The molecular weight excluding hydrogens is 318 g/mol. The first kappa shape index (κ1) is 19.3. The number of aromatic nitrogens is 1. The van der Waals surface area contributed by atoms with E-state index >= 15 is 0 Å². The van der Waals surface area contributed by atoms with Crippen LogP contribution in [0.5, 0.6) is 0 Å². The fourth-order valence-electron chi connectivity index (χ4n) is 2.92. The SMILES string of the molecule is CCN(CC)c1ccc2ccc(C(=O)N(CCOC)CCOC)cn12. The zero-order valence-corrected chi connectivity index (χ0v) is 15.7. The smallest absolute Gasteiger partial charge is 0.255 e. The summed E-state index contributed by atoms with van der Waals surface area (Å²) in [6.07, 6.45) is 1.93. The first-order valence-electron chi connectivity index (χ1n) is 8.79. The molecule has 0 radical (unpaired) electrons. The van der Waals surface area contributed by atoms with E-state index in [2.05, 4.69) is 35.3 Å². The van der Waals surface area contributed by atoms with E-state index in [9.17, 15) is 4.79 Å². The number of hydrogen-bond donors (Lipinski definition) is 0. The third-order valence-electron chi connectivity index (χ3n) is 4.38. The Balaban J connectivity index is 2.31. The molecule has 6 nitrogen and oxygen atoms in total. The lowest BCUT2D eigenvalue weighted by molar-refractivity contribution is 0.0627. The summed E-state index contributed by atoms with van der Waals surface area (Å²) >= 11 is 0. The summed E-state index contributed by atoms with van der Waals surface area (Å²) in [5.74, 6) is 1.10. The average molecular weight is 347 g/mol. The monoisotopic (exact) mass is 347 g/mol. The average Bonchev–Trinajstić information content (AvgIpc) is 3.05. The van der Waals surface area contributed by atoms with Gasteiger partial charge in [-0.15, -0.1) is 0 Å². The number of methoxy groups -OCH3 is 2. The number of anilines is 1. The number of nitrogens with zero attached hydrogens (tertiary/aromatic N) is 3. The van der Waals surface area contributed by atoms with Crippen LogP contribution >= 0.6 is 0 Å². The normalized spacial score (nSPS) is 11.0. The quantitative estimate of drug-likeness (QED) is 0.663. The Morgan fingerprint density at radius 1 is 1.00 bits per heavy atom. The van der Waals surface area contributed by atoms with Gasteiger partial charge in [-0.05, 0) is 38.1 Å². The molecule has 0 N–H and O–H groups in total. The summed E-state index contributed by atoms with van der Waals surface area (Å²) in [5.41, 5.74) is 1.75. The van der Waals surface area contributed by atoms with Crippen molar-refractivity contribution in [2.24, 2.45) is 0 Å². The number of ether oxygens (including phenoxy) is 2. The number of hydrogen-bond acceptors (Lipinski definition) is 4. The van der Waals surface area contributed by atoms with Crippen LogP contribution in [0, 0.1) is 0 Å². The summed E-state index contributed by atoms with van der Waals surface area (Å²) in [7, 11) is 3.28. The van der Waals surface area contributed by atoms with Crippen molar-refractivity contribution >= 4 is 17.2 Å². The maximum Gasteiger partial charge on any atom is 0.255 e. The summed E-state index contributed by atoms with van der Waals surface area (Å²) < 4.78 is 12.3. The molecule has 0 aliphatic carbocycles. The van der Waals surface area contributed by atoms with Crippen molar-refractivity contribution in [1.82, 2.24) is 9.30 Å². The highest BCUT2D eigenvalue weighted by molar-refractivity contribution is 5.94. The van der Waals surface area contributed by atoms with E-state index in [1.54, 1.807) is 19.1 Å². The van der Waals surface area contributed by atoms with Crippen molar-refractivity contribution < 1.29 is 14.3 Å². The van der Waals surface area contributed by atoms with Gasteiger partial charge in [0.25, 0.3) is 5.91 Å². The molecule has 138 valence electrons. The van der Waals surface area contributed by atoms with Crippen LogP contribution in [0.3, 0.4) is 0 Å². The van der Waals surface area contributed by atoms with Gasteiger partial charge in [0.2, 0.25) is 0 Å². The van der Waals surface area contributed by atoms with Gasteiger partial charge in [-0.1, -0.05) is 0 Å². The molecule has 2 heterocycles. The Bertz CT molecular complexity index is 672. The van der Waals surface area contributed by atoms with Gasteiger partial charge >= 0.3 is 0 Å². The van der Waals surface area contributed by atoms with E-state index < -0.39 is 0 Å².